The van der Waals surface area contributed by atoms with Crippen molar-refractivity contribution in [3.8, 4) is 5.69 Å². The molecule has 184 valence electrons. The van der Waals surface area contributed by atoms with Crippen LogP contribution in [0.2, 0.25) is 0 Å². The Bertz CT molecular complexity index is 1000. The Kier molecular flexibility index (Phi) is 8.31. The minimum absolute atomic E-state index is 0.232. The fraction of sp³-hybridized carbons (Fsp3) is 0.560. The SMILES string of the molecule is CC(Cc1ccc(-n2ccc(NC(=O)N3CCNCC3)nc2=O)cc1)NCC1CCC[C@@H](N)C1. The number of hydrogen-bond donors (Lipinski definition) is 4. The lowest BCUT2D eigenvalue weighted by molar-refractivity contribution is 0.204. The third-order valence-electron chi connectivity index (χ3n) is 6.78. The molecule has 1 saturated carbocycles. The third-order valence-corrected chi connectivity index (χ3v) is 6.78. The fourth-order valence-corrected chi connectivity index (χ4v) is 4.83. The zero-order chi connectivity index (χ0) is 23.9. The van der Waals surface area contributed by atoms with E-state index in [1.807, 2.05) is 12.1 Å². The zero-order valence-corrected chi connectivity index (χ0v) is 20.0. The van der Waals surface area contributed by atoms with E-state index in [4.69, 9.17) is 5.73 Å². The Hall–Kier alpha value is -2.75. The minimum Gasteiger partial charge on any atom is -0.328 e. The van der Waals surface area contributed by atoms with E-state index in [1.54, 1.807) is 17.2 Å². The van der Waals surface area contributed by atoms with Crippen LogP contribution < -0.4 is 27.4 Å². The molecular weight excluding hydrogens is 430 g/mol. The number of nitrogens with two attached hydrogens (primary N) is 1. The fourth-order valence-electron chi connectivity index (χ4n) is 4.83. The minimum atomic E-state index is -0.424. The Labute approximate surface area is 201 Å². The molecule has 0 radical (unpaired) electrons. The first-order valence-electron chi connectivity index (χ1n) is 12.4. The Balaban J connectivity index is 1.30. The smallest absolute Gasteiger partial charge is 0.328 e. The summed E-state index contributed by atoms with van der Waals surface area (Å²) in [5.74, 6) is 0.942. The molecular formula is C25H37N7O2. The van der Waals surface area contributed by atoms with E-state index in [-0.39, 0.29) is 11.8 Å². The Morgan fingerprint density at radius 3 is 2.68 bits per heavy atom. The highest BCUT2D eigenvalue weighted by Gasteiger charge is 2.20. The number of anilines is 1. The third kappa shape index (κ3) is 6.65. The first kappa shape index (κ1) is 24.4. The number of urea groups is 1. The van der Waals surface area contributed by atoms with E-state index in [0.717, 1.165) is 44.6 Å². The molecule has 5 N–H and O–H groups in total. The summed E-state index contributed by atoms with van der Waals surface area (Å²) in [6.45, 7) is 6.03. The molecule has 2 unspecified atom stereocenters. The Morgan fingerprint density at radius 2 is 1.97 bits per heavy atom. The molecule has 3 atom stereocenters. The number of rotatable bonds is 7. The molecule has 2 amide bonds. The van der Waals surface area contributed by atoms with Crippen molar-refractivity contribution in [1.82, 2.24) is 25.1 Å². The topological polar surface area (TPSA) is 117 Å². The molecule has 0 bridgehead atoms. The molecule has 34 heavy (non-hydrogen) atoms. The standard InChI is InChI=1S/C25H37N7O2/c1-18(28-17-20-3-2-4-21(26)16-20)15-19-5-7-22(8-6-19)32-12-9-23(30-25(32)34)29-24(33)31-13-10-27-11-14-31/h5-9,12,18,20-21,27-28H,2-4,10-11,13-17,26H2,1H3,(H,29,30,33,34)/t18?,20?,21-/m1/s1. The molecule has 1 aliphatic carbocycles. The van der Waals surface area contributed by atoms with E-state index < -0.39 is 5.69 Å². The highest BCUT2D eigenvalue weighted by Crippen LogP contribution is 2.22. The maximum atomic E-state index is 12.6. The lowest BCUT2D eigenvalue weighted by atomic mass is 9.86. The van der Waals surface area contributed by atoms with Gasteiger partial charge in [-0.05, 0) is 68.8 Å². The van der Waals surface area contributed by atoms with Gasteiger partial charge in [0.15, 0.2) is 0 Å². The number of nitrogens with one attached hydrogen (secondary N) is 3. The van der Waals surface area contributed by atoms with Crippen LogP contribution in [0.4, 0.5) is 10.6 Å². The average molecular weight is 468 g/mol. The summed E-state index contributed by atoms with van der Waals surface area (Å²) in [4.78, 5) is 30.7. The number of hydrogen-bond acceptors (Lipinski definition) is 6. The quantitative estimate of drug-likeness (QED) is 0.493. The summed E-state index contributed by atoms with van der Waals surface area (Å²) in [5, 5.41) is 9.59. The summed E-state index contributed by atoms with van der Waals surface area (Å²) >= 11 is 0. The van der Waals surface area contributed by atoms with Crippen molar-refractivity contribution < 1.29 is 4.79 Å². The normalized spacial score (nSPS) is 21.8. The van der Waals surface area contributed by atoms with Gasteiger partial charge in [-0.2, -0.15) is 4.98 Å². The lowest BCUT2D eigenvalue weighted by Gasteiger charge is -2.28. The van der Waals surface area contributed by atoms with Crippen LogP contribution in [0, 0.1) is 5.92 Å². The van der Waals surface area contributed by atoms with Crippen LogP contribution in [0.3, 0.4) is 0 Å². The molecule has 2 fully saturated rings. The highest BCUT2D eigenvalue weighted by atomic mass is 16.2. The first-order valence-corrected chi connectivity index (χ1v) is 12.4. The van der Waals surface area contributed by atoms with Gasteiger partial charge >= 0.3 is 11.7 Å². The number of piperazine rings is 1. The number of nitrogens with zero attached hydrogens (tertiary/aromatic N) is 3. The summed E-state index contributed by atoms with van der Waals surface area (Å²) < 4.78 is 1.48. The van der Waals surface area contributed by atoms with Crippen LogP contribution >= 0.6 is 0 Å². The van der Waals surface area contributed by atoms with E-state index >= 15 is 0 Å². The van der Waals surface area contributed by atoms with Crippen LogP contribution in [0.1, 0.15) is 38.2 Å². The van der Waals surface area contributed by atoms with Crippen molar-refractivity contribution in [3.63, 3.8) is 0 Å². The van der Waals surface area contributed by atoms with Crippen molar-refractivity contribution in [2.24, 2.45) is 11.7 Å². The van der Waals surface area contributed by atoms with Crippen LogP contribution in [0.5, 0.6) is 0 Å². The van der Waals surface area contributed by atoms with Gasteiger partial charge in [0.2, 0.25) is 0 Å². The van der Waals surface area contributed by atoms with Gasteiger partial charge in [0.25, 0.3) is 0 Å². The van der Waals surface area contributed by atoms with E-state index in [9.17, 15) is 9.59 Å². The Morgan fingerprint density at radius 1 is 1.21 bits per heavy atom. The van der Waals surface area contributed by atoms with Gasteiger partial charge in [0.05, 0.1) is 5.69 Å². The van der Waals surface area contributed by atoms with Crippen LogP contribution in [0.25, 0.3) is 5.69 Å². The van der Waals surface area contributed by atoms with Crippen molar-refractivity contribution in [2.45, 2.75) is 51.1 Å². The molecule has 1 saturated heterocycles. The molecule has 1 aromatic carbocycles. The van der Waals surface area contributed by atoms with E-state index in [1.165, 1.54) is 23.0 Å². The first-order chi connectivity index (χ1) is 16.5. The number of benzene rings is 1. The maximum absolute atomic E-state index is 12.6. The van der Waals surface area contributed by atoms with Gasteiger partial charge < -0.3 is 21.3 Å². The van der Waals surface area contributed by atoms with Crippen LogP contribution in [0.15, 0.2) is 41.3 Å². The van der Waals surface area contributed by atoms with Gasteiger partial charge in [0.1, 0.15) is 5.82 Å². The molecule has 9 heteroatoms. The zero-order valence-electron chi connectivity index (χ0n) is 20.0. The van der Waals surface area contributed by atoms with Crippen molar-refractivity contribution in [1.29, 1.82) is 0 Å². The van der Waals surface area contributed by atoms with E-state index in [2.05, 4.69) is 40.0 Å². The molecule has 2 aromatic rings. The molecule has 1 aromatic heterocycles. The summed E-state index contributed by atoms with van der Waals surface area (Å²) in [5.41, 5.74) is 7.65. The monoisotopic (exact) mass is 467 g/mol. The predicted octanol–water partition coefficient (Wildman–Crippen LogP) is 1.71. The highest BCUT2D eigenvalue weighted by molar-refractivity contribution is 5.88. The molecule has 1 aliphatic heterocycles. The second kappa shape index (κ2) is 11.6. The summed E-state index contributed by atoms with van der Waals surface area (Å²) in [7, 11) is 0. The van der Waals surface area contributed by atoms with Gasteiger partial charge in [-0.3, -0.25) is 9.88 Å². The second-order valence-electron chi connectivity index (χ2n) is 9.61. The van der Waals surface area contributed by atoms with Crippen molar-refractivity contribution in [2.75, 3.05) is 38.0 Å². The van der Waals surface area contributed by atoms with Gasteiger partial charge in [-0.25, -0.2) is 9.59 Å². The maximum Gasteiger partial charge on any atom is 0.354 e. The number of carbonyl (C=O) groups is 1. The molecule has 9 nitrogen and oxygen atoms in total. The van der Waals surface area contributed by atoms with Crippen LogP contribution in [-0.4, -0.2) is 65.3 Å². The number of amides is 2. The molecule has 2 aliphatic rings. The molecule has 2 heterocycles. The molecule has 4 rings (SSSR count). The van der Waals surface area contributed by atoms with E-state index in [0.29, 0.717) is 31.1 Å². The lowest BCUT2D eigenvalue weighted by Crippen LogP contribution is -2.48. The summed E-state index contributed by atoms with van der Waals surface area (Å²) in [6.07, 6.45) is 7.35. The van der Waals surface area contributed by atoms with Crippen molar-refractivity contribution >= 4 is 11.8 Å². The number of carbonyl (C=O) groups excluding carboxylic acids is 1. The molecule has 0 spiro atoms. The second-order valence-corrected chi connectivity index (χ2v) is 9.61. The van der Waals surface area contributed by atoms with Crippen LogP contribution in [-0.2, 0) is 6.42 Å². The van der Waals surface area contributed by atoms with Gasteiger partial charge in [-0.1, -0.05) is 18.6 Å². The van der Waals surface area contributed by atoms with Gasteiger partial charge in [0, 0.05) is 44.5 Å². The predicted molar refractivity (Wildman–Crippen MR) is 134 cm³/mol. The average Bonchev–Trinajstić information content (AvgIpc) is 2.84. The van der Waals surface area contributed by atoms with Crippen molar-refractivity contribution in [3.05, 3.63) is 52.6 Å². The summed E-state index contributed by atoms with van der Waals surface area (Å²) in [6, 6.07) is 10.1. The number of aromatic nitrogens is 2. The van der Waals surface area contributed by atoms with Gasteiger partial charge in [-0.15, -0.1) is 0 Å². The largest absolute Gasteiger partial charge is 0.354 e.